The number of nitrogen functional groups attached to an aromatic ring is 1. The molecular formula is C19H26N7O4P. The van der Waals surface area contributed by atoms with E-state index in [0.29, 0.717) is 35.3 Å². The lowest BCUT2D eigenvalue weighted by atomic mass is 10.3. The summed E-state index contributed by atoms with van der Waals surface area (Å²) in [6, 6.07) is 9.15. The second-order valence-electron chi connectivity index (χ2n) is 7.38. The fourth-order valence-corrected chi connectivity index (χ4v) is 4.60. The second-order valence-corrected chi connectivity index (χ2v) is 9.43. The standard InChI is InChI=1S/C19H26N7O4P/c1-13(27)25-31(28,30-15-5-3-2-4-6-15)12-29-10-9-26-11-21-16-17(22-14-7-8-14)23-19(20)24-18(16)26/h2-6,11,13-14,27H,7-10,12H2,1H3,(H,25,28)(H3,20,22,23,24)/t13-,31?/m1/s1. The molecule has 31 heavy (non-hydrogen) atoms. The van der Waals surface area contributed by atoms with Gasteiger partial charge in [0.05, 0.1) is 12.9 Å². The van der Waals surface area contributed by atoms with Crippen LogP contribution >= 0.6 is 7.52 Å². The van der Waals surface area contributed by atoms with Gasteiger partial charge in [-0.1, -0.05) is 18.2 Å². The van der Waals surface area contributed by atoms with Crippen LogP contribution in [-0.4, -0.2) is 49.9 Å². The van der Waals surface area contributed by atoms with Gasteiger partial charge < -0.3 is 30.0 Å². The summed E-state index contributed by atoms with van der Waals surface area (Å²) < 4.78 is 26.1. The number of hydrogen-bond donors (Lipinski definition) is 4. The second kappa shape index (κ2) is 9.19. The topological polar surface area (TPSA) is 149 Å². The number of anilines is 2. The van der Waals surface area contributed by atoms with Crippen LogP contribution in [0, 0.1) is 0 Å². The van der Waals surface area contributed by atoms with E-state index in [0.717, 1.165) is 12.8 Å². The fourth-order valence-electron chi connectivity index (χ4n) is 3.02. The highest BCUT2D eigenvalue weighted by molar-refractivity contribution is 7.57. The van der Waals surface area contributed by atoms with E-state index >= 15 is 0 Å². The van der Waals surface area contributed by atoms with Crippen molar-refractivity contribution in [2.24, 2.45) is 0 Å². The summed E-state index contributed by atoms with van der Waals surface area (Å²) in [7, 11) is -3.48. The highest BCUT2D eigenvalue weighted by Crippen LogP contribution is 2.43. The number of hydrogen-bond acceptors (Lipinski definition) is 9. The van der Waals surface area contributed by atoms with Crippen molar-refractivity contribution in [3.05, 3.63) is 36.7 Å². The average Bonchev–Trinajstić information content (AvgIpc) is 3.43. The molecule has 3 aromatic rings. The van der Waals surface area contributed by atoms with Gasteiger partial charge in [-0.25, -0.2) is 10.1 Å². The summed E-state index contributed by atoms with van der Waals surface area (Å²) >= 11 is 0. The quantitative estimate of drug-likeness (QED) is 0.196. The lowest BCUT2D eigenvalue weighted by Gasteiger charge is -2.22. The normalized spacial score (nSPS) is 16.7. The Morgan fingerprint density at radius 2 is 2.10 bits per heavy atom. The summed E-state index contributed by atoms with van der Waals surface area (Å²) in [5, 5.41) is 15.5. The number of nitrogens with two attached hydrogens (primary N) is 1. The van der Waals surface area contributed by atoms with Gasteiger partial charge >= 0.3 is 7.52 Å². The van der Waals surface area contributed by atoms with Crippen LogP contribution in [0.5, 0.6) is 5.75 Å². The van der Waals surface area contributed by atoms with Gasteiger partial charge in [-0.3, -0.25) is 4.57 Å². The van der Waals surface area contributed by atoms with Crippen molar-refractivity contribution in [3.63, 3.8) is 0 Å². The molecule has 0 spiro atoms. The largest absolute Gasteiger partial charge is 0.431 e. The first-order valence-corrected chi connectivity index (χ1v) is 11.8. The number of aliphatic hydroxyl groups is 1. The van der Waals surface area contributed by atoms with Gasteiger partial charge in [0.2, 0.25) is 5.95 Å². The van der Waals surface area contributed by atoms with Crippen LogP contribution in [0.3, 0.4) is 0 Å². The zero-order valence-electron chi connectivity index (χ0n) is 17.1. The maximum Gasteiger partial charge on any atom is 0.343 e. The first-order chi connectivity index (χ1) is 14.9. The van der Waals surface area contributed by atoms with Gasteiger partial charge in [0, 0.05) is 12.6 Å². The monoisotopic (exact) mass is 447 g/mol. The zero-order chi connectivity index (χ0) is 21.8. The van der Waals surface area contributed by atoms with Crippen LogP contribution in [0.4, 0.5) is 11.8 Å². The third kappa shape index (κ3) is 5.71. The Morgan fingerprint density at radius 1 is 1.32 bits per heavy atom. The molecule has 166 valence electrons. The first kappa shape index (κ1) is 21.5. The van der Waals surface area contributed by atoms with Crippen LogP contribution in [-0.2, 0) is 15.8 Å². The van der Waals surface area contributed by atoms with Crippen molar-refractivity contribution in [2.45, 2.75) is 38.6 Å². The van der Waals surface area contributed by atoms with Crippen molar-refractivity contribution in [1.82, 2.24) is 24.6 Å². The molecule has 0 aliphatic heterocycles. The molecule has 1 aliphatic carbocycles. The van der Waals surface area contributed by atoms with E-state index in [1.165, 1.54) is 6.92 Å². The number of imidazole rings is 1. The van der Waals surface area contributed by atoms with Crippen LogP contribution in [0.25, 0.3) is 11.2 Å². The van der Waals surface area contributed by atoms with Crippen molar-refractivity contribution < 1.29 is 18.9 Å². The SMILES string of the molecule is C[C@@H](O)NP(=O)(COCCn1cnc2c(NC3CC3)nc(N)nc21)Oc1ccccc1. The predicted octanol–water partition coefficient (Wildman–Crippen LogP) is 2.16. The molecule has 11 nitrogen and oxygen atoms in total. The molecule has 4 rings (SSSR count). The van der Waals surface area contributed by atoms with Crippen LogP contribution < -0.4 is 20.7 Å². The summed E-state index contributed by atoms with van der Waals surface area (Å²) in [4.78, 5) is 13.0. The number of aliphatic hydroxyl groups excluding tert-OH is 1. The van der Waals surface area contributed by atoms with Crippen molar-refractivity contribution in [1.29, 1.82) is 0 Å². The predicted molar refractivity (Wildman–Crippen MR) is 117 cm³/mol. The molecule has 1 aliphatic rings. The highest BCUT2D eigenvalue weighted by atomic mass is 31.2. The van der Waals surface area contributed by atoms with Gasteiger partial charge in [-0.2, -0.15) is 9.97 Å². The van der Waals surface area contributed by atoms with E-state index in [9.17, 15) is 9.67 Å². The molecule has 1 saturated carbocycles. The Hall–Kier alpha value is -2.72. The molecule has 0 saturated heterocycles. The molecule has 1 unspecified atom stereocenters. The molecule has 2 atom stereocenters. The lowest BCUT2D eigenvalue weighted by Crippen LogP contribution is -2.27. The smallest absolute Gasteiger partial charge is 0.343 e. The minimum atomic E-state index is -3.48. The molecule has 1 aromatic carbocycles. The van der Waals surface area contributed by atoms with Gasteiger partial charge in [0.25, 0.3) is 0 Å². The Morgan fingerprint density at radius 3 is 2.81 bits per heavy atom. The number of fused-ring (bicyclic) bond motifs is 1. The van der Waals surface area contributed by atoms with Gasteiger partial charge in [0.1, 0.15) is 18.3 Å². The van der Waals surface area contributed by atoms with Crippen molar-refractivity contribution in [2.75, 3.05) is 24.0 Å². The number of rotatable bonds is 11. The van der Waals surface area contributed by atoms with Gasteiger partial charge in [-0.05, 0) is 31.9 Å². The lowest BCUT2D eigenvalue weighted by molar-refractivity contribution is 0.147. The summed E-state index contributed by atoms with van der Waals surface area (Å²) in [5.74, 6) is 1.22. The molecule has 0 radical (unpaired) electrons. The fraction of sp³-hybridized carbons (Fsp3) is 0.421. The molecule has 2 aromatic heterocycles. The number of nitrogens with zero attached hydrogens (tertiary/aromatic N) is 4. The molecule has 0 bridgehead atoms. The number of ether oxygens (including phenoxy) is 1. The summed E-state index contributed by atoms with van der Waals surface area (Å²) in [5.41, 5.74) is 7.11. The average molecular weight is 447 g/mol. The van der Waals surface area contributed by atoms with Crippen LogP contribution in [0.2, 0.25) is 0 Å². The van der Waals surface area contributed by atoms with Crippen molar-refractivity contribution in [3.8, 4) is 5.75 Å². The number of benzene rings is 1. The van der Waals surface area contributed by atoms with Crippen molar-refractivity contribution >= 4 is 30.4 Å². The number of para-hydroxylation sites is 1. The highest BCUT2D eigenvalue weighted by Gasteiger charge is 2.27. The molecule has 5 N–H and O–H groups in total. The van der Waals surface area contributed by atoms with Gasteiger partial charge in [0.15, 0.2) is 17.0 Å². The third-order valence-electron chi connectivity index (χ3n) is 4.52. The maximum atomic E-state index is 13.1. The molecule has 1 fully saturated rings. The Bertz CT molecular complexity index is 1070. The molecule has 0 amide bonds. The zero-order valence-corrected chi connectivity index (χ0v) is 18.0. The first-order valence-electron chi connectivity index (χ1n) is 10.0. The number of nitrogens with one attached hydrogen (secondary N) is 2. The molecule has 12 heteroatoms. The van der Waals surface area contributed by atoms with Crippen LogP contribution in [0.15, 0.2) is 36.7 Å². The Kier molecular flexibility index (Phi) is 6.38. The molecule has 2 heterocycles. The van der Waals surface area contributed by atoms with E-state index in [1.807, 2.05) is 6.07 Å². The van der Waals surface area contributed by atoms with E-state index in [1.54, 1.807) is 35.2 Å². The van der Waals surface area contributed by atoms with E-state index in [4.69, 9.17) is 15.0 Å². The minimum Gasteiger partial charge on any atom is -0.431 e. The third-order valence-corrected chi connectivity index (χ3v) is 6.31. The van der Waals surface area contributed by atoms with Crippen LogP contribution in [0.1, 0.15) is 19.8 Å². The Labute approximate surface area is 179 Å². The summed E-state index contributed by atoms with van der Waals surface area (Å²) in [6.45, 7) is 2.11. The summed E-state index contributed by atoms with van der Waals surface area (Å²) in [6.07, 6.45) is 2.61. The Balaban J connectivity index is 1.39. The maximum absolute atomic E-state index is 13.1. The minimum absolute atomic E-state index is 0.167. The van der Waals surface area contributed by atoms with E-state index < -0.39 is 13.7 Å². The van der Waals surface area contributed by atoms with E-state index in [2.05, 4.69) is 25.4 Å². The van der Waals surface area contributed by atoms with E-state index in [-0.39, 0.29) is 18.9 Å². The van der Waals surface area contributed by atoms with Gasteiger partial charge in [-0.15, -0.1) is 0 Å². The number of aromatic nitrogens is 4. The molecular weight excluding hydrogens is 421 g/mol.